The Balaban J connectivity index is 1.87. The van der Waals surface area contributed by atoms with Gasteiger partial charge in [0.25, 0.3) is 0 Å². The molecule has 2 atom stereocenters. The van der Waals surface area contributed by atoms with Crippen LogP contribution in [-0.4, -0.2) is 46.6 Å². The number of carbonyl (C=O) groups excluding carboxylic acids is 2. The van der Waals surface area contributed by atoms with Crippen molar-refractivity contribution in [1.29, 1.82) is 0 Å². The minimum atomic E-state index is 0.0599. The third-order valence-electron chi connectivity index (χ3n) is 13.9. The molecule has 0 saturated heterocycles. The molecule has 0 spiro atoms. The van der Waals surface area contributed by atoms with E-state index in [9.17, 15) is 9.59 Å². The van der Waals surface area contributed by atoms with Crippen molar-refractivity contribution in [3.63, 3.8) is 0 Å². The van der Waals surface area contributed by atoms with Crippen molar-refractivity contribution in [1.82, 2.24) is 14.9 Å². The first kappa shape index (κ1) is 59.3. The van der Waals surface area contributed by atoms with Gasteiger partial charge < -0.3 is 9.47 Å². The summed E-state index contributed by atoms with van der Waals surface area (Å²) in [4.78, 5) is 38.3. The molecular weight excluding hydrogens is 815 g/mol. The molecule has 0 radical (unpaired) electrons. The second-order valence-corrected chi connectivity index (χ2v) is 20.0. The van der Waals surface area contributed by atoms with E-state index in [1.54, 1.807) is 0 Å². The van der Waals surface area contributed by atoms with Gasteiger partial charge in [-0.2, -0.15) is 0 Å². The SMILES string of the molecule is CCCCCCCCC(CCCCCC)C(=O)OCCCCCCC(CCCCCCOC(=O)C(CCCCCC)CCCCCCCC)CCN(Cc1ccccn1)Cc1ccccn1. The Morgan fingerprint density at radius 2 is 0.758 bits per heavy atom. The van der Waals surface area contributed by atoms with Crippen LogP contribution in [0.1, 0.15) is 264 Å². The third-order valence-corrected chi connectivity index (χ3v) is 13.9. The summed E-state index contributed by atoms with van der Waals surface area (Å²) in [5.41, 5.74) is 2.20. The van der Waals surface area contributed by atoms with Gasteiger partial charge in [0.1, 0.15) is 0 Å². The summed E-state index contributed by atoms with van der Waals surface area (Å²) in [6.07, 6.45) is 45.2. The number of rotatable bonds is 47. The second kappa shape index (κ2) is 43.5. The number of esters is 2. The van der Waals surface area contributed by atoms with Crippen LogP contribution in [0.4, 0.5) is 0 Å². The molecule has 66 heavy (non-hydrogen) atoms. The van der Waals surface area contributed by atoms with E-state index in [1.165, 1.54) is 141 Å². The van der Waals surface area contributed by atoms with Crippen molar-refractivity contribution < 1.29 is 19.1 Å². The molecule has 0 aliphatic carbocycles. The maximum absolute atomic E-state index is 13.2. The Morgan fingerprint density at radius 3 is 1.12 bits per heavy atom. The van der Waals surface area contributed by atoms with Gasteiger partial charge in [-0.1, -0.05) is 220 Å². The molecule has 2 rings (SSSR count). The van der Waals surface area contributed by atoms with Crippen molar-refractivity contribution in [3.8, 4) is 0 Å². The number of carbonyl (C=O) groups is 2. The van der Waals surface area contributed by atoms with Gasteiger partial charge in [0.05, 0.1) is 36.4 Å². The fourth-order valence-electron chi connectivity index (χ4n) is 9.55. The molecule has 0 bridgehead atoms. The zero-order chi connectivity index (χ0) is 47.4. The van der Waals surface area contributed by atoms with Gasteiger partial charge in [0.2, 0.25) is 0 Å². The summed E-state index contributed by atoms with van der Waals surface area (Å²) in [6.45, 7) is 12.8. The van der Waals surface area contributed by atoms with Gasteiger partial charge in [-0.15, -0.1) is 0 Å². The topological polar surface area (TPSA) is 81.6 Å². The van der Waals surface area contributed by atoms with Crippen LogP contribution in [0.2, 0.25) is 0 Å². The molecular formula is C59H103N3O4. The Bertz CT molecular complexity index is 1260. The smallest absolute Gasteiger partial charge is 0.308 e. The second-order valence-electron chi connectivity index (χ2n) is 20.0. The number of nitrogens with zero attached hydrogens (tertiary/aromatic N) is 3. The highest BCUT2D eigenvalue weighted by Gasteiger charge is 2.21. The Morgan fingerprint density at radius 1 is 0.424 bits per heavy atom. The van der Waals surface area contributed by atoms with Crippen LogP contribution < -0.4 is 0 Å². The molecule has 7 heteroatoms. The first-order valence-electron chi connectivity index (χ1n) is 28.4. The highest BCUT2D eigenvalue weighted by molar-refractivity contribution is 5.72. The molecule has 0 fully saturated rings. The summed E-state index contributed by atoms with van der Waals surface area (Å²) in [7, 11) is 0. The lowest BCUT2D eigenvalue weighted by atomic mass is 9.91. The Kier molecular flexibility index (Phi) is 39.1. The average Bonchev–Trinajstić information content (AvgIpc) is 3.33. The zero-order valence-corrected chi connectivity index (χ0v) is 43.6. The predicted molar refractivity (Wildman–Crippen MR) is 279 cm³/mol. The summed E-state index contributed by atoms with van der Waals surface area (Å²) in [6, 6.07) is 12.4. The minimum Gasteiger partial charge on any atom is -0.465 e. The summed E-state index contributed by atoms with van der Waals surface area (Å²) in [5, 5.41) is 0. The van der Waals surface area contributed by atoms with Crippen molar-refractivity contribution in [3.05, 3.63) is 60.2 Å². The van der Waals surface area contributed by atoms with E-state index in [4.69, 9.17) is 9.47 Å². The van der Waals surface area contributed by atoms with Crippen LogP contribution in [0.5, 0.6) is 0 Å². The number of hydrogen-bond donors (Lipinski definition) is 0. The summed E-state index contributed by atoms with van der Waals surface area (Å²) >= 11 is 0. The van der Waals surface area contributed by atoms with E-state index in [2.05, 4.69) is 66.8 Å². The van der Waals surface area contributed by atoms with Gasteiger partial charge in [0.15, 0.2) is 0 Å². The normalized spacial score (nSPS) is 12.9. The van der Waals surface area contributed by atoms with Gasteiger partial charge in [0, 0.05) is 25.5 Å². The Labute approximate surface area is 407 Å². The molecule has 2 heterocycles. The van der Waals surface area contributed by atoms with Gasteiger partial charge in [-0.05, 0) is 81.7 Å². The summed E-state index contributed by atoms with van der Waals surface area (Å²) in [5.74, 6) is 0.933. The van der Waals surface area contributed by atoms with Crippen LogP contribution >= 0.6 is 0 Å². The molecule has 2 aromatic heterocycles. The average molecular weight is 918 g/mol. The van der Waals surface area contributed by atoms with Crippen LogP contribution in [0.25, 0.3) is 0 Å². The monoisotopic (exact) mass is 918 g/mol. The number of hydrogen-bond acceptors (Lipinski definition) is 7. The van der Waals surface area contributed by atoms with E-state index in [-0.39, 0.29) is 23.8 Å². The maximum atomic E-state index is 13.2. The highest BCUT2D eigenvalue weighted by atomic mass is 16.5. The van der Waals surface area contributed by atoms with E-state index >= 15 is 0 Å². The fourth-order valence-corrected chi connectivity index (χ4v) is 9.55. The molecule has 378 valence electrons. The van der Waals surface area contributed by atoms with Crippen molar-refractivity contribution in [2.45, 2.75) is 266 Å². The number of ether oxygens (including phenoxy) is 2. The van der Waals surface area contributed by atoms with Crippen molar-refractivity contribution >= 4 is 11.9 Å². The lowest BCUT2D eigenvalue weighted by Gasteiger charge is -2.25. The molecule has 2 aromatic rings. The Hall–Kier alpha value is -2.80. The summed E-state index contributed by atoms with van der Waals surface area (Å²) < 4.78 is 11.9. The van der Waals surface area contributed by atoms with Crippen molar-refractivity contribution in [2.24, 2.45) is 17.8 Å². The van der Waals surface area contributed by atoms with E-state index in [1.807, 2.05) is 24.5 Å². The lowest BCUT2D eigenvalue weighted by molar-refractivity contribution is -0.150. The predicted octanol–water partition coefficient (Wildman–Crippen LogP) is 17.1. The third kappa shape index (κ3) is 32.8. The van der Waals surface area contributed by atoms with Crippen LogP contribution in [0.15, 0.2) is 48.8 Å². The minimum absolute atomic E-state index is 0.0599. The van der Waals surface area contributed by atoms with Crippen LogP contribution in [0, 0.1) is 17.8 Å². The standard InChI is InChI=1S/C59H103N3O4/c1-5-9-13-17-19-29-41-54(39-27-15-11-7-3)58(63)65-49-35-23-21-25-37-53(45-48-62(51-56-43-31-33-46-60-56)52-57-44-32-34-47-61-57)38-26-22-24-36-50-66-59(64)55(40-28-16-12-8-4)42-30-20-18-14-10-6-2/h31-34,43-44,46-47,53-55H,5-30,35-42,45,48-52H2,1-4H3. The van der Waals surface area contributed by atoms with Gasteiger partial charge >= 0.3 is 11.9 Å². The van der Waals surface area contributed by atoms with Gasteiger partial charge in [-0.25, -0.2) is 0 Å². The van der Waals surface area contributed by atoms with Crippen LogP contribution in [-0.2, 0) is 32.2 Å². The van der Waals surface area contributed by atoms with Crippen molar-refractivity contribution in [2.75, 3.05) is 19.8 Å². The quantitative estimate of drug-likeness (QED) is 0.0483. The van der Waals surface area contributed by atoms with Gasteiger partial charge in [-0.3, -0.25) is 24.5 Å². The largest absolute Gasteiger partial charge is 0.465 e. The molecule has 0 aromatic carbocycles. The first-order valence-corrected chi connectivity index (χ1v) is 28.4. The lowest BCUT2D eigenvalue weighted by Crippen LogP contribution is -2.26. The maximum Gasteiger partial charge on any atom is 0.308 e. The fraction of sp³-hybridized carbons (Fsp3) is 0.797. The van der Waals surface area contributed by atoms with Crippen LogP contribution in [0.3, 0.4) is 0 Å². The zero-order valence-electron chi connectivity index (χ0n) is 43.6. The number of unbranched alkanes of at least 4 members (excludes halogenated alkanes) is 22. The molecule has 0 amide bonds. The van der Waals surface area contributed by atoms with E-state index < -0.39 is 0 Å². The van der Waals surface area contributed by atoms with E-state index in [0.29, 0.717) is 19.1 Å². The molecule has 0 N–H and O–H groups in total. The molecule has 0 aliphatic heterocycles. The number of aromatic nitrogens is 2. The molecule has 0 saturated carbocycles. The first-order chi connectivity index (χ1) is 32.5. The highest BCUT2D eigenvalue weighted by Crippen LogP contribution is 2.25. The molecule has 2 unspecified atom stereocenters. The van der Waals surface area contributed by atoms with E-state index in [0.717, 1.165) is 114 Å². The number of pyridine rings is 2. The molecule has 0 aliphatic rings. The molecule has 7 nitrogen and oxygen atoms in total.